The molecule has 25 heavy (non-hydrogen) atoms. The van der Waals surface area contributed by atoms with E-state index in [0.717, 1.165) is 52.8 Å². The molecule has 2 aromatic rings. The summed E-state index contributed by atoms with van der Waals surface area (Å²) < 4.78 is 3.18. The van der Waals surface area contributed by atoms with Gasteiger partial charge in [-0.05, 0) is 19.4 Å². The van der Waals surface area contributed by atoms with Crippen LogP contribution in [0.25, 0.3) is 0 Å². The molecule has 2 heterocycles. The number of aliphatic imine (C=N–C) groups is 1. The highest BCUT2D eigenvalue weighted by atomic mass is 127. The van der Waals surface area contributed by atoms with Gasteiger partial charge >= 0.3 is 0 Å². The second kappa shape index (κ2) is 12.0. The lowest BCUT2D eigenvalue weighted by Crippen LogP contribution is -2.38. The summed E-state index contributed by atoms with van der Waals surface area (Å²) in [4.78, 5) is 11.1. The van der Waals surface area contributed by atoms with E-state index < -0.39 is 0 Å². The Hall–Kier alpha value is -0.450. The van der Waals surface area contributed by atoms with Gasteiger partial charge in [-0.25, -0.2) is 4.98 Å². The molecule has 0 aliphatic rings. The molecule has 1 N–H and O–H groups in total. The molecule has 0 spiro atoms. The maximum absolute atomic E-state index is 6.06. The lowest BCUT2D eigenvalue weighted by atomic mass is 10.4. The molecule has 0 radical (unpaired) electrons. The number of thiazole rings is 1. The van der Waals surface area contributed by atoms with Crippen LogP contribution >= 0.6 is 58.7 Å². The van der Waals surface area contributed by atoms with Gasteiger partial charge in [0.25, 0.3) is 0 Å². The van der Waals surface area contributed by atoms with Gasteiger partial charge in [0.05, 0.1) is 11.6 Å². The van der Waals surface area contributed by atoms with E-state index in [1.54, 1.807) is 23.1 Å². The van der Waals surface area contributed by atoms with E-state index in [1.807, 2.05) is 42.5 Å². The van der Waals surface area contributed by atoms with Gasteiger partial charge in [-0.15, -0.1) is 35.3 Å². The molecule has 140 valence electrons. The summed E-state index contributed by atoms with van der Waals surface area (Å²) >= 11 is 9.54. The Morgan fingerprint density at radius 3 is 2.92 bits per heavy atom. The molecule has 0 aromatic carbocycles. The van der Waals surface area contributed by atoms with Gasteiger partial charge < -0.3 is 14.8 Å². The number of hydrogen-bond acceptors (Lipinski definition) is 4. The molecular weight excluding hydrogens is 489 g/mol. The third-order valence-corrected chi connectivity index (χ3v) is 5.63. The fourth-order valence-corrected chi connectivity index (χ4v) is 4.11. The van der Waals surface area contributed by atoms with Gasteiger partial charge in [-0.3, -0.25) is 4.99 Å². The Balaban J connectivity index is 0.00000312. The summed E-state index contributed by atoms with van der Waals surface area (Å²) in [5.41, 5.74) is 1.16. The summed E-state index contributed by atoms with van der Waals surface area (Å²) in [7, 11) is 4.06. The zero-order valence-electron chi connectivity index (χ0n) is 14.7. The van der Waals surface area contributed by atoms with Crippen molar-refractivity contribution < 1.29 is 0 Å². The van der Waals surface area contributed by atoms with Crippen molar-refractivity contribution in [2.75, 3.05) is 25.9 Å². The topological polar surface area (TPSA) is 45.5 Å². The van der Waals surface area contributed by atoms with Crippen LogP contribution < -0.4 is 5.32 Å². The number of aromatic nitrogens is 2. The van der Waals surface area contributed by atoms with E-state index in [-0.39, 0.29) is 24.0 Å². The average molecular weight is 514 g/mol. The van der Waals surface area contributed by atoms with Crippen LogP contribution in [0.5, 0.6) is 0 Å². The Bertz CT molecular complexity index is 645. The van der Waals surface area contributed by atoms with Gasteiger partial charge in [0.2, 0.25) is 0 Å². The van der Waals surface area contributed by atoms with Crippen LogP contribution in [0.2, 0.25) is 5.02 Å². The number of thioether (sulfide) groups is 1. The summed E-state index contributed by atoms with van der Waals surface area (Å²) in [5, 5.41) is 6.12. The number of halogens is 2. The molecule has 0 atom stereocenters. The maximum atomic E-state index is 6.06. The quantitative estimate of drug-likeness (QED) is 0.188. The Morgan fingerprint density at radius 1 is 1.52 bits per heavy atom. The second-order valence-electron chi connectivity index (χ2n) is 5.35. The molecule has 0 aliphatic carbocycles. The molecule has 0 aliphatic heterocycles. The van der Waals surface area contributed by atoms with E-state index in [1.165, 1.54) is 0 Å². The molecule has 0 amide bonds. The Kier molecular flexibility index (Phi) is 10.9. The molecule has 0 fully saturated rings. The smallest absolute Gasteiger partial charge is 0.194 e. The van der Waals surface area contributed by atoms with Gasteiger partial charge in [0.15, 0.2) is 5.96 Å². The lowest BCUT2D eigenvalue weighted by molar-refractivity contribution is 0.462. The summed E-state index contributed by atoms with van der Waals surface area (Å²) in [6.07, 6.45) is 4.80. The fourth-order valence-electron chi connectivity index (χ4n) is 2.20. The molecule has 2 aromatic heterocycles. The van der Waals surface area contributed by atoms with E-state index in [0.29, 0.717) is 0 Å². The van der Waals surface area contributed by atoms with Crippen molar-refractivity contribution in [3.63, 3.8) is 0 Å². The molecule has 0 unspecified atom stereocenters. The predicted molar refractivity (Wildman–Crippen MR) is 121 cm³/mol. The maximum Gasteiger partial charge on any atom is 0.194 e. The Labute approximate surface area is 180 Å². The number of guanidine groups is 1. The number of nitrogens with zero attached hydrogens (tertiary/aromatic N) is 4. The van der Waals surface area contributed by atoms with Crippen molar-refractivity contribution in [3.05, 3.63) is 34.6 Å². The zero-order valence-corrected chi connectivity index (χ0v) is 19.5. The van der Waals surface area contributed by atoms with Gasteiger partial charge in [-0.1, -0.05) is 23.4 Å². The van der Waals surface area contributed by atoms with Crippen molar-refractivity contribution in [1.82, 2.24) is 19.8 Å². The molecule has 2 rings (SSSR count). The van der Waals surface area contributed by atoms with Crippen LogP contribution in [0.1, 0.15) is 19.0 Å². The van der Waals surface area contributed by atoms with Crippen molar-refractivity contribution in [3.8, 4) is 0 Å². The number of hydrogen-bond donors (Lipinski definition) is 1. The molecule has 9 heteroatoms. The van der Waals surface area contributed by atoms with Crippen LogP contribution in [0.4, 0.5) is 0 Å². The van der Waals surface area contributed by atoms with Crippen molar-refractivity contribution in [1.29, 1.82) is 0 Å². The van der Waals surface area contributed by atoms with Crippen LogP contribution in [0.15, 0.2) is 33.2 Å². The number of rotatable bonds is 8. The standard InChI is InChI=1S/C16H24ClN5S2.HI/c1-4-18-15(19-6-5-8-23-16-20-7-9-24-16)22(3)12-14-10-13(17)11-21(14)2;/h7,9-11H,4-6,8,12H2,1-3H3,(H,18,19);1H. The van der Waals surface area contributed by atoms with Crippen molar-refractivity contribution >= 4 is 64.6 Å². The molecule has 0 saturated carbocycles. The molecule has 0 bridgehead atoms. The first kappa shape index (κ1) is 22.6. The average Bonchev–Trinajstić information content (AvgIpc) is 3.16. The monoisotopic (exact) mass is 513 g/mol. The third kappa shape index (κ3) is 7.76. The summed E-state index contributed by atoms with van der Waals surface area (Å²) in [6, 6.07) is 1.99. The normalized spacial score (nSPS) is 11.3. The summed E-state index contributed by atoms with van der Waals surface area (Å²) in [6.45, 7) is 4.51. The minimum absolute atomic E-state index is 0. The largest absolute Gasteiger partial charge is 0.357 e. The van der Waals surface area contributed by atoms with Crippen LogP contribution in [-0.2, 0) is 13.6 Å². The SMILES string of the molecule is CCNC(=NCCCSc1nccs1)N(C)Cc1cc(Cl)cn1C.I. The Morgan fingerprint density at radius 2 is 2.32 bits per heavy atom. The van der Waals surface area contributed by atoms with Gasteiger partial charge in [-0.2, -0.15) is 0 Å². The molecular formula is C16H25ClIN5S2. The predicted octanol–water partition coefficient (Wildman–Crippen LogP) is 4.33. The third-order valence-electron chi connectivity index (χ3n) is 3.37. The van der Waals surface area contributed by atoms with E-state index in [9.17, 15) is 0 Å². The lowest BCUT2D eigenvalue weighted by Gasteiger charge is -2.22. The zero-order chi connectivity index (χ0) is 17.4. The van der Waals surface area contributed by atoms with Crippen LogP contribution in [0, 0.1) is 0 Å². The number of aryl methyl sites for hydroxylation is 1. The highest BCUT2D eigenvalue weighted by Gasteiger charge is 2.09. The fraction of sp³-hybridized carbons (Fsp3) is 0.500. The first-order chi connectivity index (χ1) is 11.6. The first-order valence-electron chi connectivity index (χ1n) is 7.92. The van der Waals surface area contributed by atoms with E-state index in [2.05, 4.69) is 22.1 Å². The van der Waals surface area contributed by atoms with E-state index in [4.69, 9.17) is 16.6 Å². The van der Waals surface area contributed by atoms with Crippen LogP contribution in [0.3, 0.4) is 0 Å². The minimum atomic E-state index is 0. The minimum Gasteiger partial charge on any atom is -0.357 e. The van der Waals surface area contributed by atoms with Gasteiger partial charge in [0, 0.05) is 56.4 Å². The van der Waals surface area contributed by atoms with Crippen molar-refractivity contribution in [2.24, 2.45) is 12.0 Å². The van der Waals surface area contributed by atoms with Crippen molar-refractivity contribution in [2.45, 2.75) is 24.2 Å². The summed E-state index contributed by atoms with van der Waals surface area (Å²) in [5.74, 6) is 1.96. The highest BCUT2D eigenvalue weighted by molar-refractivity contribution is 14.0. The van der Waals surface area contributed by atoms with Crippen LogP contribution in [-0.4, -0.2) is 46.3 Å². The molecule has 5 nitrogen and oxygen atoms in total. The highest BCUT2D eigenvalue weighted by Crippen LogP contribution is 2.20. The number of nitrogens with one attached hydrogen (secondary N) is 1. The molecule has 0 saturated heterocycles. The second-order valence-corrected chi connectivity index (χ2v) is 8.03. The van der Waals surface area contributed by atoms with E-state index >= 15 is 0 Å². The van der Waals surface area contributed by atoms with Gasteiger partial charge in [0.1, 0.15) is 4.34 Å². The first-order valence-corrected chi connectivity index (χ1v) is 10.2.